The summed E-state index contributed by atoms with van der Waals surface area (Å²) in [5.74, 6) is -6.37. The Kier molecular flexibility index (Phi) is 11.1. The molecule has 0 bridgehead atoms. The average molecular weight is 1070 g/mol. The predicted molar refractivity (Wildman–Crippen MR) is 264 cm³/mol. The van der Waals surface area contributed by atoms with Crippen LogP contribution >= 0.6 is 0 Å². The van der Waals surface area contributed by atoms with E-state index in [1.54, 1.807) is 24.3 Å². The molecule has 0 aromatic heterocycles. The van der Waals surface area contributed by atoms with E-state index in [0.29, 0.717) is 46.5 Å². The number of cyclic esters (lactones) is 4. The number of halogens is 6. The van der Waals surface area contributed by atoms with Crippen molar-refractivity contribution in [2.45, 2.75) is 17.8 Å². The zero-order valence-corrected chi connectivity index (χ0v) is 39.7. The van der Waals surface area contributed by atoms with Crippen LogP contribution in [0.2, 0.25) is 0 Å². The summed E-state index contributed by atoms with van der Waals surface area (Å²) < 4.78 is 112. The number of amides is 4. The van der Waals surface area contributed by atoms with Gasteiger partial charge in [-0.25, -0.2) is 29.0 Å². The molecule has 0 N–H and O–H groups in total. The fraction of sp³-hybridized carbons (Fsp3) is 0.0508. The lowest BCUT2D eigenvalue weighted by Gasteiger charge is -2.38. The Labute approximate surface area is 439 Å². The molecular weight excluding hydrogens is 1040 g/mol. The van der Waals surface area contributed by atoms with E-state index >= 15 is 26.3 Å². The van der Waals surface area contributed by atoms with Gasteiger partial charge in [-0.05, 0) is 143 Å². The fourth-order valence-electron chi connectivity index (χ4n) is 10.2. The van der Waals surface area contributed by atoms with Crippen molar-refractivity contribution < 1.29 is 83.6 Å². The maximum Gasteiger partial charge on any atom is 0.411 e. The number of rotatable bonds is 10. The van der Waals surface area contributed by atoms with Gasteiger partial charge in [0.25, 0.3) is 23.6 Å². The molecular formula is C59H28F6N2O12. The minimum absolute atomic E-state index is 0.00244. The van der Waals surface area contributed by atoms with Crippen molar-refractivity contribution in [1.82, 2.24) is 0 Å². The van der Waals surface area contributed by atoms with Crippen molar-refractivity contribution in [1.29, 1.82) is 0 Å². The van der Waals surface area contributed by atoms with Crippen LogP contribution in [0, 0.1) is 0 Å². The number of nitrogens with zero attached hydrogens (tertiary/aromatic N) is 2. The first-order chi connectivity index (χ1) is 37.7. The largest absolute Gasteiger partial charge is 0.457 e. The van der Waals surface area contributed by atoms with Crippen molar-refractivity contribution in [3.8, 4) is 45.3 Å². The Morgan fingerprint density at radius 1 is 0.329 bits per heavy atom. The standard InChI is InChI=1S/C59H28F6N2O12/c60-58(61,62)57(59(63,64)65,31-9-17-35(18-10-31)76-37-21-13-33(14-22-37)66-49(68)43-5-1-3-39(47(43)51(66)70)29-7-25-41-45(27-29)55(74)78-53(41)72)32-11-19-36(20-12-32)77-38-23-15-34(16-24-38)67-50(69)44-6-2-4-40(48(44)52(67)71)30-8-26-42-46(28-30)56(75)79-54(42)73/h1-28H. The quantitative estimate of drug-likeness (QED) is 0.0548. The SMILES string of the molecule is O=C1OC(=O)c2cc(-c3cccc4c3C(=O)N(c3ccc(Oc5ccc(C(c6ccc(Oc7ccc(N8C(=O)c9cccc(-c%10ccc%11c(c%10)C(=O)OC%11=O)c9C8=O)cc7)cc6)(C(F)(F)F)C(F)(F)F)cc5)cc3)C4=O)ccc21. The number of imide groups is 2. The van der Waals surface area contributed by atoms with Gasteiger partial charge in [-0.15, -0.1) is 0 Å². The smallest absolute Gasteiger partial charge is 0.411 e. The summed E-state index contributed by atoms with van der Waals surface area (Å²) in [6, 6.07) is 34.6. The Balaban J connectivity index is 0.743. The summed E-state index contributed by atoms with van der Waals surface area (Å²) in [5.41, 5.74) is -5.13. The van der Waals surface area contributed by atoms with Crippen LogP contribution in [0.3, 0.4) is 0 Å². The second-order valence-corrected chi connectivity index (χ2v) is 18.2. The van der Waals surface area contributed by atoms with Crippen LogP contribution in [-0.2, 0) is 14.9 Å². The Bertz CT molecular complexity index is 3780. The lowest BCUT2D eigenvalue weighted by molar-refractivity contribution is -0.288. The first-order valence-corrected chi connectivity index (χ1v) is 23.5. The maximum atomic E-state index is 15.2. The minimum atomic E-state index is -5.94. The normalized spacial score (nSPS) is 14.8. The van der Waals surface area contributed by atoms with Gasteiger partial charge in [0.1, 0.15) is 23.0 Å². The molecule has 388 valence electrons. The molecule has 4 amide bonds. The second-order valence-electron chi connectivity index (χ2n) is 18.2. The van der Waals surface area contributed by atoms with Gasteiger partial charge in [0.05, 0.1) is 55.9 Å². The number of fused-ring (bicyclic) bond motifs is 4. The molecule has 4 heterocycles. The Hall–Kier alpha value is -10.5. The molecule has 12 rings (SSSR count). The van der Waals surface area contributed by atoms with Gasteiger partial charge in [0.15, 0.2) is 0 Å². The van der Waals surface area contributed by atoms with Crippen molar-refractivity contribution in [2.24, 2.45) is 0 Å². The number of ether oxygens (including phenoxy) is 4. The van der Waals surface area contributed by atoms with Crippen LogP contribution in [0.4, 0.5) is 37.7 Å². The van der Waals surface area contributed by atoms with E-state index < -0.39 is 76.4 Å². The van der Waals surface area contributed by atoms with Crippen molar-refractivity contribution in [2.75, 3.05) is 9.80 Å². The van der Waals surface area contributed by atoms with Gasteiger partial charge < -0.3 is 18.9 Å². The third-order valence-electron chi connectivity index (χ3n) is 13.8. The molecule has 8 aromatic rings. The lowest BCUT2D eigenvalue weighted by Crippen LogP contribution is -2.54. The molecule has 0 aliphatic carbocycles. The number of carbonyl (C=O) groups is 8. The number of anilines is 2. The van der Waals surface area contributed by atoms with E-state index in [1.807, 2.05) is 0 Å². The zero-order chi connectivity index (χ0) is 55.4. The van der Waals surface area contributed by atoms with E-state index in [-0.39, 0.29) is 78.9 Å². The van der Waals surface area contributed by atoms with Gasteiger partial charge in [-0.3, -0.25) is 19.2 Å². The molecule has 0 saturated carbocycles. The van der Waals surface area contributed by atoms with Crippen LogP contribution in [0.15, 0.2) is 170 Å². The van der Waals surface area contributed by atoms with Gasteiger partial charge >= 0.3 is 36.2 Å². The van der Waals surface area contributed by atoms with E-state index in [4.69, 9.17) is 9.47 Å². The third kappa shape index (κ3) is 7.73. The van der Waals surface area contributed by atoms with Crippen molar-refractivity contribution >= 4 is 58.9 Å². The number of esters is 4. The number of carbonyl (C=O) groups excluding carboxylic acids is 8. The molecule has 14 nitrogen and oxygen atoms in total. The van der Waals surface area contributed by atoms with Crippen molar-refractivity contribution in [3.05, 3.63) is 225 Å². The number of hydrogen-bond donors (Lipinski definition) is 0. The van der Waals surface area contributed by atoms with Crippen LogP contribution in [0.1, 0.15) is 94.0 Å². The molecule has 0 fully saturated rings. The van der Waals surface area contributed by atoms with Crippen LogP contribution in [-0.4, -0.2) is 59.9 Å². The summed E-state index contributed by atoms with van der Waals surface area (Å²) >= 11 is 0. The van der Waals surface area contributed by atoms with Crippen LogP contribution in [0.25, 0.3) is 22.3 Å². The number of benzene rings is 8. The molecule has 0 radical (unpaired) electrons. The van der Waals surface area contributed by atoms with Gasteiger partial charge in [0, 0.05) is 0 Å². The van der Waals surface area contributed by atoms with Gasteiger partial charge in [-0.2, -0.15) is 26.3 Å². The monoisotopic (exact) mass is 1070 g/mol. The lowest BCUT2D eigenvalue weighted by atomic mass is 9.73. The first kappa shape index (κ1) is 49.4. The summed E-state index contributed by atoms with van der Waals surface area (Å²) in [7, 11) is 0. The van der Waals surface area contributed by atoms with E-state index in [1.165, 1.54) is 97.1 Å². The Morgan fingerprint density at radius 3 is 0.987 bits per heavy atom. The highest BCUT2D eigenvalue weighted by molar-refractivity contribution is 6.37. The summed E-state index contributed by atoms with van der Waals surface area (Å²) in [4.78, 5) is 105. The summed E-state index contributed by atoms with van der Waals surface area (Å²) in [6.07, 6.45) is -11.9. The third-order valence-corrected chi connectivity index (χ3v) is 13.8. The maximum absolute atomic E-state index is 15.2. The molecule has 0 spiro atoms. The van der Waals surface area contributed by atoms with E-state index in [0.717, 1.165) is 34.1 Å². The Morgan fingerprint density at radius 2 is 0.646 bits per heavy atom. The topological polar surface area (TPSA) is 180 Å². The number of hydrogen-bond acceptors (Lipinski definition) is 12. The van der Waals surface area contributed by atoms with E-state index in [9.17, 15) is 38.4 Å². The molecule has 0 atom stereocenters. The predicted octanol–water partition coefficient (Wildman–Crippen LogP) is 12.2. The molecule has 79 heavy (non-hydrogen) atoms. The summed E-state index contributed by atoms with van der Waals surface area (Å²) in [5, 5.41) is 0. The highest BCUT2D eigenvalue weighted by atomic mass is 19.4. The molecule has 20 heteroatoms. The van der Waals surface area contributed by atoms with Crippen molar-refractivity contribution in [3.63, 3.8) is 0 Å². The van der Waals surface area contributed by atoms with E-state index in [2.05, 4.69) is 9.47 Å². The fourth-order valence-corrected chi connectivity index (χ4v) is 10.2. The average Bonchev–Trinajstić information content (AvgIpc) is 4.25. The molecule has 4 aliphatic heterocycles. The molecule has 0 unspecified atom stereocenters. The summed E-state index contributed by atoms with van der Waals surface area (Å²) in [6.45, 7) is 0. The zero-order valence-electron chi connectivity index (χ0n) is 39.7. The van der Waals surface area contributed by atoms with Crippen LogP contribution < -0.4 is 19.3 Å². The molecule has 8 aromatic carbocycles. The molecule has 0 saturated heterocycles. The highest BCUT2D eigenvalue weighted by Crippen LogP contribution is 2.57. The van der Waals surface area contributed by atoms with Gasteiger partial charge in [-0.1, -0.05) is 60.7 Å². The molecule has 4 aliphatic rings. The second kappa shape index (κ2) is 17.8. The number of alkyl halides is 6. The van der Waals surface area contributed by atoms with Crippen LogP contribution in [0.5, 0.6) is 23.0 Å². The highest BCUT2D eigenvalue weighted by Gasteiger charge is 2.72. The van der Waals surface area contributed by atoms with Gasteiger partial charge in [0.2, 0.25) is 5.41 Å². The minimum Gasteiger partial charge on any atom is -0.457 e. The first-order valence-electron chi connectivity index (χ1n) is 23.5.